The molecule has 2 aromatic heterocycles. The van der Waals surface area contributed by atoms with Gasteiger partial charge in [-0.05, 0) is 24.5 Å². The van der Waals surface area contributed by atoms with E-state index in [0.29, 0.717) is 5.56 Å². The van der Waals surface area contributed by atoms with Crippen LogP contribution in [0.2, 0.25) is 0 Å². The third-order valence-corrected chi connectivity index (χ3v) is 4.76. The molecular weight excluding hydrogens is 270 g/mol. The van der Waals surface area contributed by atoms with Crippen LogP contribution in [0.1, 0.15) is 41.7 Å². The summed E-state index contributed by atoms with van der Waals surface area (Å²) in [6.45, 7) is 8.56. The average molecular weight is 289 g/mol. The molecule has 0 unspecified atom stereocenters. The number of aromatic nitrogens is 2. The summed E-state index contributed by atoms with van der Waals surface area (Å²) < 4.78 is 1.97. The van der Waals surface area contributed by atoms with Crippen molar-refractivity contribution < 1.29 is 4.79 Å². The molecule has 2 aromatic rings. The second-order valence-electron chi connectivity index (χ2n) is 5.77. The molecule has 0 aliphatic rings. The summed E-state index contributed by atoms with van der Waals surface area (Å²) in [5.41, 5.74) is 1.72. The monoisotopic (exact) mass is 289 g/mol. The molecule has 0 saturated heterocycles. The molecule has 2 heterocycles. The van der Waals surface area contributed by atoms with E-state index in [2.05, 4.69) is 37.7 Å². The Morgan fingerprint density at radius 3 is 2.60 bits per heavy atom. The van der Waals surface area contributed by atoms with Crippen LogP contribution in [0.25, 0.3) is 0 Å². The smallest absolute Gasteiger partial charge is 0.281 e. The van der Waals surface area contributed by atoms with Gasteiger partial charge in [0.15, 0.2) is 4.80 Å². The molecule has 4 nitrogen and oxygen atoms in total. The summed E-state index contributed by atoms with van der Waals surface area (Å²) >= 11 is 1.57. The molecular formula is C15H19N3OS. The Morgan fingerprint density at radius 1 is 1.40 bits per heavy atom. The number of hydrogen-bond acceptors (Lipinski definition) is 3. The summed E-state index contributed by atoms with van der Waals surface area (Å²) in [4.78, 5) is 22.3. The average Bonchev–Trinajstić information content (AvgIpc) is 2.68. The molecule has 5 heteroatoms. The van der Waals surface area contributed by atoms with Gasteiger partial charge in [-0.1, -0.05) is 20.8 Å². The topological polar surface area (TPSA) is 47.2 Å². The number of hydrogen-bond donors (Lipinski definition) is 0. The predicted octanol–water partition coefficient (Wildman–Crippen LogP) is 2.83. The lowest BCUT2D eigenvalue weighted by Crippen LogP contribution is -2.15. The van der Waals surface area contributed by atoms with E-state index in [9.17, 15) is 4.79 Å². The highest BCUT2D eigenvalue weighted by molar-refractivity contribution is 7.09. The Morgan fingerprint density at radius 2 is 2.10 bits per heavy atom. The van der Waals surface area contributed by atoms with Crippen LogP contribution in [0.15, 0.2) is 29.5 Å². The summed E-state index contributed by atoms with van der Waals surface area (Å²) in [6, 6.07) is 3.47. The van der Waals surface area contributed by atoms with Crippen LogP contribution in [0, 0.1) is 6.92 Å². The van der Waals surface area contributed by atoms with E-state index in [0.717, 1.165) is 10.5 Å². The van der Waals surface area contributed by atoms with Gasteiger partial charge in [0.05, 0.1) is 5.56 Å². The minimum atomic E-state index is -0.254. The van der Waals surface area contributed by atoms with Crippen LogP contribution in [0.3, 0.4) is 0 Å². The molecule has 0 atom stereocenters. The number of nitrogens with zero attached hydrogens (tertiary/aromatic N) is 3. The van der Waals surface area contributed by atoms with Crippen molar-refractivity contribution >= 4 is 17.2 Å². The second kappa shape index (κ2) is 5.32. The van der Waals surface area contributed by atoms with Gasteiger partial charge < -0.3 is 4.57 Å². The molecule has 0 N–H and O–H groups in total. The SMILES string of the molecule is Cc1c(C(C)(C)C)s/c(=N\C(=O)c2cccnc2)n1C. The van der Waals surface area contributed by atoms with Crippen molar-refractivity contribution in [2.45, 2.75) is 33.1 Å². The normalized spacial score (nSPS) is 12.8. The molecule has 0 bridgehead atoms. The number of rotatable bonds is 1. The van der Waals surface area contributed by atoms with Gasteiger partial charge in [0.2, 0.25) is 0 Å². The van der Waals surface area contributed by atoms with Crippen LogP contribution < -0.4 is 4.80 Å². The summed E-state index contributed by atoms with van der Waals surface area (Å²) in [7, 11) is 1.94. The van der Waals surface area contributed by atoms with E-state index in [1.807, 2.05) is 11.6 Å². The molecule has 106 valence electrons. The Hall–Kier alpha value is -1.75. The highest BCUT2D eigenvalue weighted by atomic mass is 32.1. The molecule has 20 heavy (non-hydrogen) atoms. The fourth-order valence-electron chi connectivity index (χ4n) is 1.96. The van der Waals surface area contributed by atoms with Crippen molar-refractivity contribution in [3.63, 3.8) is 0 Å². The van der Waals surface area contributed by atoms with E-state index in [1.165, 1.54) is 11.1 Å². The van der Waals surface area contributed by atoms with Crippen LogP contribution in [0.5, 0.6) is 0 Å². The third kappa shape index (κ3) is 2.88. The fraction of sp³-hybridized carbons (Fsp3) is 0.400. The largest absolute Gasteiger partial charge is 0.324 e. The van der Waals surface area contributed by atoms with Gasteiger partial charge in [-0.3, -0.25) is 9.78 Å². The van der Waals surface area contributed by atoms with E-state index >= 15 is 0 Å². The van der Waals surface area contributed by atoms with Crippen LogP contribution in [-0.4, -0.2) is 15.5 Å². The lowest BCUT2D eigenvalue weighted by atomic mass is 9.93. The van der Waals surface area contributed by atoms with Crippen molar-refractivity contribution in [2.75, 3.05) is 0 Å². The molecule has 1 amide bonds. The summed E-state index contributed by atoms with van der Waals surface area (Å²) in [6.07, 6.45) is 3.18. The Kier molecular flexibility index (Phi) is 3.90. The maximum Gasteiger partial charge on any atom is 0.281 e. The summed E-state index contributed by atoms with van der Waals surface area (Å²) in [5.74, 6) is -0.254. The van der Waals surface area contributed by atoms with Crippen molar-refractivity contribution in [3.8, 4) is 0 Å². The highest BCUT2D eigenvalue weighted by Crippen LogP contribution is 2.27. The van der Waals surface area contributed by atoms with Gasteiger partial charge in [0, 0.05) is 30.0 Å². The number of amides is 1. The van der Waals surface area contributed by atoms with Gasteiger partial charge >= 0.3 is 0 Å². The van der Waals surface area contributed by atoms with E-state index in [4.69, 9.17) is 0 Å². The first-order valence-corrected chi connectivity index (χ1v) is 7.28. The van der Waals surface area contributed by atoms with Gasteiger partial charge in [-0.25, -0.2) is 0 Å². The van der Waals surface area contributed by atoms with Gasteiger partial charge in [0.1, 0.15) is 0 Å². The maximum absolute atomic E-state index is 12.1. The van der Waals surface area contributed by atoms with Crippen molar-refractivity contribution in [3.05, 3.63) is 45.5 Å². The van der Waals surface area contributed by atoms with E-state index in [1.54, 1.807) is 29.7 Å². The molecule has 0 saturated carbocycles. The number of thiazole rings is 1. The molecule has 0 aliphatic carbocycles. The van der Waals surface area contributed by atoms with Crippen LogP contribution in [-0.2, 0) is 12.5 Å². The molecule has 0 spiro atoms. The van der Waals surface area contributed by atoms with E-state index in [-0.39, 0.29) is 11.3 Å². The fourth-order valence-corrected chi connectivity index (χ4v) is 3.14. The summed E-state index contributed by atoms with van der Waals surface area (Å²) in [5, 5.41) is 0. The minimum absolute atomic E-state index is 0.0532. The highest BCUT2D eigenvalue weighted by Gasteiger charge is 2.21. The number of pyridine rings is 1. The third-order valence-electron chi connectivity index (χ3n) is 3.10. The molecule has 0 fully saturated rings. The first kappa shape index (κ1) is 14.7. The predicted molar refractivity (Wildman–Crippen MR) is 80.9 cm³/mol. The lowest BCUT2D eigenvalue weighted by molar-refractivity contribution is 0.0997. The van der Waals surface area contributed by atoms with E-state index < -0.39 is 0 Å². The molecule has 0 aliphatic heterocycles. The Balaban J connectivity index is 2.49. The van der Waals surface area contributed by atoms with Crippen molar-refractivity contribution in [2.24, 2.45) is 12.0 Å². The maximum atomic E-state index is 12.1. The zero-order chi connectivity index (χ0) is 14.9. The van der Waals surface area contributed by atoms with Gasteiger partial charge in [-0.15, -0.1) is 11.3 Å². The Bertz CT molecular complexity index is 690. The second-order valence-corrected chi connectivity index (χ2v) is 6.74. The molecule has 0 aromatic carbocycles. The van der Waals surface area contributed by atoms with Crippen molar-refractivity contribution in [1.29, 1.82) is 0 Å². The number of carbonyl (C=O) groups excluding carboxylic acids is 1. The van der Waals surface area contributed by atoms with Gasteiger partial charge in [-0.2, -0.15) is 4.99 Å². The first-order valence-electron chi connectivity index (χ1n) is 6.46. The minimum Gasteiger partial charge on any atom is -0.324 e. The molecule has 2 rings (SSSR count). The standard InChI is InChI=1S/C15H19N3OS/c1-10-12(15(2,3)4)20-14(18(10)5)17-13(19)11-7-6-8-16-9-11/h6-9H,1-5H3/b17-14-. The lowest BCUT2D eigenvalue weighted by Gasteiger charge is -2.17. The zero-order valence-corrected chi connectivity index (χ0v) is 13.3. The van der Waals surface area contributed by atoms with Crippen LogP contribution in [0.4, 0.5) is 0 Å². The number of carbonyl (C=O) groups is 1. The molecule has 0 radical (unpaired) electrons. The van der Waals surface area contributed by atoms with Crippen molar-refractivity contribution in [1.82, 2.24) is 9.55 Å². The Labute approximate surface area is 122 Å². The van der Waals surface area contributed by atoms with Gasteiger partial charge in [0.25, 0.3) is 5.91 Å². The first-order chi connectivity index (χ1) is 9.30. The zero-order valence-electron chi connectivity index (χ0n) is 12.5. The van der Waals surface area contributed by atoms with Crippen LogP contribution >= 0.6 is 11.3 Å². The quantitative estimate of drug-likeness (QED) is 0.810.